The Morgan fingerprint density at radius 2 is 1.86 bits per heavy atom. The van der Waals surface area contributed by atoms with Crippen molar-refractivity contribution in [2.45, 2.75) is 25.9 Å². The number of anilines is 1. The van der Waals surface area contributed by atoms with Gasteiger partial charge in [-0.25, -0.2) is 9.97 Å². The first-order valence-electron chi connectivity index (χ1n) is 6.33. The molecule has 0 atom stereocenters. The number of aromatic nitrogens is 2. The fourth-order valence-corrected chi connectivity index (χ4v) is 2.34. The summed E-state index contributed by atoms with van der Waals surface area (Å²) in [4.78, 5) is 8.21. The minimum atomic E-state index is -4.47. The Balaban J connectivity index is 2.63. The Kier molecular flexibility index (Phi) is 4.51. The maximum absolute atomic E-state index is 13.1. The fraction of sp³-hybridized carbons (Fsp3) is 0.286. The number of hydrogen-bond acceptors (Lipinski definition) is 3. The van der Waals surface area contributed by atoms with Crippen LogP contribution in [0.15, 0.2) is 28.7 Å². The molecule has 2 aromatic rings. The lowest BCUT2D eigenvalue weighted by Crippen LogP contribution is -2.09. The standard InChI is InChI=1S/C14H13BrF3N3/c1-2-5-10-11(15)12(19)21-13(20-10)8-6-3-4-7-9(8)14(16,17)18/h3-4,6-7H,2,5H2,1H3,(H2,19,20,21). The average Bonchev–Trinajstić information content (AvgIpc) is 2.43. The molecule has 0 saturated heterocycles. The first-order chi connectivity index (χ1) is 9.84. The normalized spacial score (nSPS) is 11.7. The van der Waals surface area contributed by atoms with Gasteiger partial charge < -0.3 is 5.73 Å². The van der Waals surface area contributed by atoms with Crippen LogP contribution in [-0.4, -0.2) is 9.97 Å². The van der Waals surface area contributed by atoms with Crippen molar-refractivity contribution < 1.29 is 13.2 Å². The lowest BCUT2D eigenvalue weighted by molar-refractivity contribution is -0.137. The maximum atomic E-state index is 13.1. The zero-order valence-corrected chi connectivity index (χ0v) is 12.8. The summed E-state index contributed by atoms with van der Waals surface area (Å²) in [6, 6.07) is 5.21. The Bertz CT molecular complexity index is 656. The van der Waals surface area contributed by atoms with E-state index in [0.29, 0.717) is 16.6 Å². The molecule has 3 nitrogen and oxygen atoms in total. The number of hydrogen-bond donors (Lipinski definition) is 1. The lowest BCUT2D eigenvalue weighted by atomic mass is 10.1. The van der Waals surface area contributed by atoms with Gasteiger partial charge in [-0.2, -0.15) is 13.2 Å². The third-order valence-corrected chi connectivity index (χ3v) is 3.77. The first-order valence-corrected chi connectivity index (χ1v) is 7.12. The summed E-state index contributed by atoms with van der Waals surface area (Å²) in [6.07, 6.45) is -3.06. The predicted molar refractivity (Wildman–Crippen MR) is 78.6 cm³/mol. The molecular formula is C14H13BrF3N3. The highest BCUT2D eigenvalue weighted by Crippen LogP contribution is 2.36. The van der Waals surface area contributed by atoms with E-state index in [1.165, 1.54) is 18.2 Å². The minimum Gasteiger partial charge on any atom is -0.383 e. The Hall–Kier alpha value is -1.63. The number of nitrogen functional groups attached to an aromatic ring is 1. The third kappa shape index (κ3) is 3.34. The van der Waals surface area contributed by atoms with Crippen molar-refractivity contribution >= 4 is 21.7 Å². The van der Waals surface area contributed by atoms with Crippen molar-refractivity contribution in [3.63, 3.8) is 0 Å². The number of halogens is 4. The molecule has 112 valence electrons. The van der Waals surface area contributed by atoms with Crippen molar-refractivity contribution in [1.29, 1.82) is 0 Å². The van der Waals surface area contributed by atoms with E-state index in [0.717, 1.165) is 12.5 Å². The van der Waals surface area contributed by atoms with E-state index < -0.39 is 11.7 Å². The molecule has 7 heteroatoms. The van der Waals surface area contributed by atoms with Crippen LogP contribution in [0.25, 0.3) is 11.4 Å². The van der Waals surface area contributed by atoms with E-state index >= 15 is 0 Å². The average molecular weight is 360 g/mol. The molecule has 0 saturated carbocycles. The lowest BCUT2D eigenvalue weighted by Gasteiger charge is -2.13. The Morgan fingerprint density at radius 1 is 1.19 bits per heavy atom. The van der Waals surface area contributed by atoms with Gasteiger partial charge in [0, 0.05) is 5.56 Å². The van der Waals surface area contributed by atoms with Crippen molar-refractivity contribution in [1.82, 2.24) is 9.97 Å². The molecule has 21 heavy (non-hydrogen) atoms. The van der Waals surface area contributed by atoms with Gasteiger partial charge in [0.05, 0.1) is 15.7 Å². The third-order valence-electron chi connectivity index (χ3n) is 2.91. The van der Waals surface area contributed by atoms with Crippen molar-refractivity contribution in [2.24, 2.45) is 0 Å². The summed E-state index contributed by atoms with van der Waals surface area (Å²) in [5, 5.41) is 0. The molecule has 1 aromatic carbocycles. The van der Waals surface area contributed by atoms with E-state index in [1.54, 1.807) is 0 Å². The van der Waals surface area contributed by atoms with Crippen molar-refractivity contribution in [3.8, 4) is 11.4 Å². The molecule has 0 aliphatic carbocycles. The summed E-state index contributed by atoms with van der Waals surface area (Å²) >= 11 is 3.27. The summed E-state index contributed by atoms with van der Waals surface area (Å²) in [5.41, 5.74) is 5.54. The molecule has 0 aliphatic heterocycles. The number of aryl methyl sites for hydroxylation is 1. The summed E-state index contributed by atoms with van der Waals surface area (Å²) < 4.78 is 39.7. The van der Waals surface area contributed by atoms with Crippen LogP contribution < -0.4 is 5.73 Å². The van der Waals surface area contributed by atoms with E-state index in [9.17, 15) is 13.2 Å². The monoisotopic (exact) mass is 359 g/mol. The van der Waals surface area contributed by atoms with Gasteiger partial charge in [-0.15, -0.1) is 0 Å². The number of rotatable bonds is 3. The zero-order valence-electron chi connectivity index (χ0n) is 11.2. The fourth-order valence-electron chi connectivity index (χ4n) is 1.96. The SMILES string of the molecule is CCCc1nc(-c2ccccc2C(F)(F)F)nc(N)c1Br. The van der Waals surface area contributed by atoms with Crippen molar-refractivity contribution in [2.75, 3.05) is 5.73 Å². The molecule has 0 fully saturated rings. The van der Waals surface area contributed by atoms with Crippen molar-refractivity contribution in [3.05, 3.63) is 40.0 Å². The van der Waals surface area contributed by atoms with Crippen LogP contribution in [0, 0.1) is 0 Å². The quantitative estimate of drug-likeness (QED) is 0.879. The molecule has 0 radical (unpaired) electrons. The number of nitrogens with two attached hydrogens (primary N) is 1. The molecule has 1 aromatic heterocycles. The second-order valence-corrected chi connectivity index (χ2v) is 5.28. The van der Waals surface area contributed by atoms with Gasteiger partial charge in [-0.05, 0) is 28.4 Å². The molecule has 0 amide bonds. The summed E-state index contributed by atoms with van der Waals surface area (Å²) in [6.45, 7) is 1.95. The van der Waals surface area contributed by atoms with Gasteiger partial charge in [0.25, 0.3) is 0 Å². The van der Waals surface area contributed by atoms with Gasteiger partial charge in [0.15, 0.2) is 5.82 Å². The zero-order chi connectivity index (χ0) is 15.6. The largest absolute Gasteiger partial charge is 0.417 e. The topological polar surface area (TPSA) is 51.8 Å². The molecule has 2 rings (SSSR count). The molecule has 0 spiro atoms. The van der Waals surface area contributed by atoms with Crippen LogP contribution in [0.3, 0.4) is 0 Å². The van der Waals surface area contributed by atoms with E-state index in [1.807, 2.05) is 6.92 Å². The van der Waals surface area contributed by atoms with Gasteiger partial charge in [0.1, 0.15) is 5.82 Å². The van der Waals surface area contributed by atoms with Crippen LogP contribution in [0.2, 0.25) is 0 Å². The highest BCUT2D eigenvalue weighted by Gasteiger charge is 2.34. The van der Waals surface area contributed by atoms with Crippen LogP contribution in [0.5, 0.6) is 0 Å². The van der Waals surface area contributed by atoms with Gasteiger partial charge in [0.2, 0.25) is 0 Å². The molecule has 0 unspecified atom stereocenters. The maximum Gasteiger partial charge on any atom is 0.417 e. The van der Waals surface area contributed by atoms with Crippen LogP contribution in [0.4, 0.5) is 19.0 Å². The number of alkyl halides is 3. The summed E-state index contributed by atoms with van der Waals surface area (Å²) in [7, 11) is 0. The van der Waals surface area contributed by atoms with Gasteiger partial charge >= 0.3 is 6.18 Å². The smallest absolute Gasteiger partial charge is 0.383 e. The Morgan fingerprint density at radius 3 is 2.48 bits per heavy atom. The first kappa shape index (κ1) is 15.8. The Labute approximate surface area is 128 Å². The highest BCUT2D eigenvalue weighted by molar-refractivity contribution is 9.10. The molecule has 1 heterocycles. The van der Waals surface area contributed by atoms with Gasteiger partial charge in [-0.1, -0.05) is 31.5 Å². The predicted octanol–water partition coefficient (Wildman–Crippen LogP) is 4.46. The highest BCUT2D eigenvalue weighted by atomic mass is 79.9. The molecule has 0 aliphatic rings. The van der Waals surface area contributed by atoms with E-state index in [2.05, 4.69) is 25.9 Å². The van der Waals surface area contributed by atoms with Gasteiger partial charge in [-0.3, -0.25) is 0 Å². The van der Waals surface area contributed by atoms with Crippen LogP contribution in [0.1, 0.15) is 24.6 Å². The second-order valence-electron chi connectivity index (χ2n) is 4.49. The minimum absolute atomic E-state index is 0.00734. The van der Waals surface area contributed by atoms with Crippen LogP contribution >= 0.6 is 15.9 Å². The van der Waals surface area contributed by atoms with E-state index in [4.69, 9.17) is 5.73 Å². The van der Waals surface area contributed by atoms with E-state index in [-0.39, 0.29) is 17.2 Å². The molecular weight excluding hydrogens is 347 g/mol. The second kappa shape index (κ2) is 6.01. The molecule has 2 N–H and O–H groups in total. The number of benzene rings is 1. The molecule has 0 bridgehead atoms. The van der Waals surface area contributed by atoms with Crippen LogP contribution in [-0.2, 0) is 12.6 Å². The summed E-state index contributed by atoms with van der Waals surface area (Å²) in [5.74, 6) is 0.132. The number of nitrogens with zero attached hydrogens (tertiary/aromatic N) is 2.